The summed E-state index contributed by atoms with van der Waals surface area (Å²) in [5.74, 6) is 0.930. The van der Waals surface area contributed by atoms with Crippen molar-refractivity contribution in [1.29, 1.82) is 0 Å². The molecule has 0 bridgehead atoms. The third-order valence-corrected chi connectivity index (χ3v) is 3.40. The molecule has 0 aliphatic heterocycles. The largest absolute Gasteiger partial charge is 0.508 e. The summed E-state index contributed by atoms with van der Waals surface area (Å²) >= 11 is 3.47. The molecule has 0 saturated heterocycles. The predicted molar refractivity (Wildman–Crippen MR) is 75.3 cm³/mol. The first-order chi connectivity index (χ1) is 8.63. The summed E-state index contributed by atoms with van der Waals surface area (Å²) in [7, 11) is 0. The lowest BCUT2D eigenvalue weighted by Gasteiger charge is -2.01. The summed E-state index contributed by atoms with van der Waals surface area (Å²) < 4.78 is 0.917. The van der Waals surface area contributed by atoms with Gasteiger partial charge in [-0.2, -0.15) is 0 Å². The first-order valence-corrected chi connectivity index (χ1v) is 6.17. The lowest BCUT2D eigenvalue weighted by atomic mass is 10.2. The normalized spacial score (nSPS) is 10.9. The molecule has 90 valence electrons. The number of aromatic nitrogens is 2. The lowest BCUT2D eigenvalue weighted by Crippen LogP contribution is -1.88. The van der Waals surface area contributed by atoms with E-state index in [1.165, 1.54) is 0 Å². The maximum absolute atomic E-state index is 9.43. The molecule has 2 aromatic carbocycles. The van der Waals surface area contributed by atoms with Crippen molar-refractivity contribution in [2.24, 2.45) is 0 Å². The Morgan fingerprint density at radius 2 is 2.00 bits per heavy atom. The van der Waals surface area contributed by atoms with Crippen LogP contribution in [0, 0.1) is 0 Å². The molecule has 0 fully saturated rings. The number of imidazole rings is 1. The van der Waals surface area contributed by atoms with Crippen molar-refractivity contribution in [2.45, 2.75) is 0 Å². The van der Waals surface area contributed by atoms with Crippen LogP contribution in [0.15, 0.2) is 40.9 Å². The van der Waals surface area contributed by atoms with E-state index in [4.69, 9.17) is 5.73 Å². The fraction of sp³-hybridized carbons (Fsp3) is 0. The second kappa shape index (κ2) is 4.03. The summed E-state index contributed by atoms with van der Waals surface area (Å²) in [6.45, 7) is 0. The molecule has 0 spiro atoms. The van der Waals surface area contributed by atoms with Gasteiger partial charge in [-0.3, -0.25) is 0 Å². The zero-order chi connectivity index (χ0) is 12.7. The molecule has 1 heterocycles. The van der Waals surface area contributed by atoms with Crippen LogP contribution in [0.5, 0.6) is 5.75 Å². The zero-order valence-electron chi connectivity index (χ0n) is 9.31. The molecule has 18 heavy (non-hydrogen) atoms. The molecule has 4 N–H and O–H groups in total. The third-order valence-electron chi connectivity index (χ3n) is 2.71. The number of phenolic OH excluding ortho intramolecular Hbond substituents is 1. The summed E-state index contributed by atoms with van der Waals surface area (Å²) in [5.41, 5.74) is 8.95. The van der Waals surface area contributed by atoms with Crippen LogP contribution < -0.4 is 5.73 Å². The quantitative estimate of drug-likeness (QED) is 0.604. The Kier molecular flexibility index (Phi) is 2.48. The van der Waals surface area contributed by atoms with Crippen molar-refractivity contribution in [3.8, 4) is 17.1 Å². The number of benzene rings is 2. The smallest absolute Gasteiger partial charge is 0.139 e. The molecular weight excluding hydrogens is 294 g/mol. The van der Waals surface area contributed by atoms with Gasteiger partial charge in [0.1, 0.15) is 11.6 Å². The van der Waals surface area contributed by atoms with E-state index in [2.05, 4.69) is 25.9 Å². The number of nitrogens with two attached hydrogens (primary N) is 1. The molecule has 0 saturated carbocycles. The molecule has 0 radical (unpaired) electrons. The molecule has 3 aromatic rings. The molecule has 0 amide bonds. The predicted octanol–water partition coefficient (Wildman–Crippen LogP) is 3.28. The molecule has 5 heteroatoms. The minimum Gasteiger partial charge on any atom is -0.508 e. The molecular formula is C13H10BrN3O. The average Bonchev–Trinajstić information content (AvgIpc) is 2.74. The SMILES string of the molecule is Nc1ccc(Br)c(-c2nc3ccc(O)cc3[nH]2)c1. The van der Waals surface area contributed by atoms with Gasteiger partial charge in [0, 0.05) is 21.8 Å². The van der Waals surface area contributed by atoms with Crippen LogP contribution in [0.3, 0.4) is 0 Å². The minimum absolute atomic E-state index is 0.212. The number of aromatic amines is 1. The van der Waals surface area contributed by atoms with Crippen molar-refractivity contribution in [1.82, 2.24) is 9.97 Å². The van der Waals surface area contributed by atoms with E-state index in [0.29, 0.717) is 5.69 Å². The number of nitrogen functional groups attached to an aromatic ring is 1. The number of phenols is 1. The third kappa shape index (κ3) is 1.82. The highest BCUT2D eigenvalue weighted by atomic mass is 79.9. The number of nitrogens with one attached hydrogen (secondary N) is 1. The average molecular weight is 304 g/mol. The van der Waals surface area contributed by atoms with Crippen LogP contribution in [0.4, 0.5) is 5.69 Å². The van der Waals surface area contributed by atoms with Crippen LogP contribution in [0.25, 0.3) is 22.4 Å². The minimum atomic E-state index is 0.212. The lowest BCUT2D eigenvalue weighted by molar-refractivity contribution is 0.476. The topological polar surface area (TPSA) is 74.9 Å². The Balaban J connectivity index is 2.22. The molecule has 3 rings (SSSR count). The van der Waals surface area contributed by atoms with E-state index in [1.807, 2.05) is 18.2 Å². The number of aromatic hydroxyl groups is 1. The first-order valence-electron chi connectivity index (χ1n) is 5.37. The van der Waals surface area contributed by atoms with Gasteiger partial charge in [-0.05, 0) is 30.3 Å². The first kappa shape index (κ1) is 11.1. The number of halogens is 1. The van der Waals surface area contributed by atoms with Gasteiger partial charge in [0.15, 0.2) is 0 Å². The highest BCUT2D eigenvalue weighted by Gasteiger charge is 2.09. The molecule has 0 aliphatic rings. The zero-order valence-corrected chi connectivity index (χ0v) is 10.9. The van der Waals surface area contributed by atoms with Crippen molar-refractivity contribution in [2.75, 3.05) is 5.73 Å². The van der Waals surface area contributed by atoms with Gasteiger partial charge in [0.2, 0.25) is 0 Å². The van der Waals surface area contributed by atoms with Gasteiger partial charge in [-0.15, -0.1) is 0 Å². The van der Waals surface area contributed by atoms with Crippen LogP contribution in [0.2, 0.25) is 0 Å². The molecule has 4 nitrogen and oxygen atoms in total. The van der Waals surface area contributed by atoms with Crippen molar-refractivity contribution in [3.63, 3.8) is 0 Å². The van der Waals surface area contributed by atoms with E-state index in [9.17, 15) is 5.11 Å². The Hall–Kier alpha value is -2.01. The maximum Gasteiger partial charge on any atom is 0.139 e. The fourth-order valence-electron chi connectivity index (χ4n) is 1.85. The Labute approximate surface area is 112 Å². The number of nitrogens with zero attached hydrogens (tertiary/aromatic N) is 1. The number of rotatable bonds is 1. The second-order valence-corrected chi connectivity index (χ2v) is 4.88. The van der Waals surface area contributed by atoms with Crippen molar-refractivity contribution >= 4 is 32.7 Å². The van der Waals surface area contributed by atoms with E-state index in [-0.39, 0.29) is 5.75 Å². The van der Waals surface area contributed by atoms with Crippen LogP contribution in [0.1, 0.15) is 0 Å². The van der Waals surface area contributed by atoms with Gasteiger partial charge >= 0.3 is 0 Å². The van der Waals surface area contributed by atoms with E-state index in [1.54, 1.807) is 18.2 Å². The highest BCUT2D eigenvalue weighted by Crippen LogP contribution is 2.30. The Bertz CT molecular complexity index is 736. The summed E-state index contributed by atoms with van der Waals surface area (Å²) in [6, 6.07) is 10.6. The summed E-state index contributed by atoms with van der Waals surface area (Å²) in [5, 5.41) is 9.43. The van der Waals surface area contributed by atoms with Crippen LogP contribution in [-0.2, 0) is 0 Å². The molecule has 0 unspecified atom stereocenters. The monoisotopic (exact) mass is 303 g/mol. The number of hydrogen-bond acceptors (Lipinski definition) is 3. The fourth-order valence-corrected chi connectivity index (χ4v) is 2.28. The summed E-state index contributed by atoms with van der Waals surface area (Å²) in [6.07, 6.45) is 0. The van der Waals surface area contributed by atoms with Gasteiger partial charge < -0.3 is 15.8 Å². The highest BCUT2D eigenvalue weighted by molar-refractivity contribution is 9.10. The Morgan fingerprint density at radius 1 is 1.17 bits per heavy atom. The van der Waals surface area contributed by atoms with Crippen LogP contribution >= 0.6 is 15.9 Å². The van der Waals surface area contributed by atoms with Gasteiger partial charge in [-0.25, -0.2) is 4.98 Å². The van der Waals surface area contributed by atoms with Crippen LogP contribution in [-0.4, -0.2) is 15.1 Å². The van der Waals surface area contributed by atoms with Crippen molar-refractivity contribution in [3.05, 3.63) is 40.9 Å². The number of hydrogen-bond donors (Lipinski definition) is 3. The van der Waals surface area contributed by atoms with Gasteiger partial charge in [-0.1, -0.05) is 15.9 Å². The molecule has 1 aromatic heterocycles. The van der Waals surface area contributed by atoms with Gasteiger partial charge in [0.05, 0.1) is 11.0 Å². The molecule has 0 atom stereocenters. The maximum atomic E-state index is 9.43. The van der Waals surface area contributed by atoms with E-state index < -0.39 is 0 Å². The molecule has 0 aliphatic carbocycles. The van der Waals surface area contributed by atoms with E-state index >= 15 is 0 Å². The Morgan fingerprint density at radius 3 is 2.83 bits per heavy atom. The number of H-pyrrole nitrogens is 1. The number of fused-ring (bicyclic) bond motifs is 1. The standard InChI is InChI=1S/C13H10BrN3O/c14-10-3-1-7(15)5-9(10)13-16-11-4-2-8(18)6-12(11)17-13/h1-6,18H,15H2,(H,16,17). The van der Waals surface area contributed by atoms with Crippen molar-refractivity contribution < 1.29 is 5.11 Å². The number of anilines is 1. The van der Waals surface area contributed by atoms with Gasteiger partial charge in [0.25, 0.3) is 0 Å². The van der Waals surface area contributed by atoms with E-state index in [0.717, 1.165) is 26.9 Å². The second-order valence-electron chi connectivity index (χ2n) is 4.03. The summed E-state index contributed by atoms with van der Waals surface area (Å²) in [4.78, 5) is 7.64.